The van der Waals surface area contributed by atoms with E-state index in [-0.39, 0.29) is 6.61 Å². The van der Waals surface area contributed by atoms with Gasteiger partial charge in [-0.3, -0.25) is 4.89 Å². The van der Waals surface area contributed by atoms with Crippen molar-refractivity contribution in [1.82, 2.24) is 0 Å². The fourth-order valence-corrected chi connectivity index (χ4v) is 1.04. The van der Waals surface area contributed by atoms with Gasteiger partial charge in [-0.1, -0.05) is 18.2 Å². The quantitative estimate of drug-likeness (QED) is 0.597. The molecule has 1 rings (SSSR count). The summed E-state index contributed by atoms with van der Waals surface area (Å²) >= 11 is 0. The Balaban J connectivity index is 2.28. The van der Waals surface area contributed by atoms with Crippen LogP contribution in [0.2, 0.25) is 0 Å². The highest BCUT2D eigenvalue weighted by atomic mass is 17.5. The molecule has 1 aromatic carbocycles. The van der Waals surface area contributed by atoms with E-state index < -0.39 is 11.6 Å². The van der Waals surface area contributed by atoms with Gasteiger partial charge in [-0.25, -0.2) is 4.79 Å². The summed E-state index contributed by atoms with van der Waals surface area (Å²) in [6.07, 6.45) is 0. The summed E-state index contributed by atoms with van der Waals surface area (Å²) < 4.78 is 5.27. The Hall–Kier alpha value is -1.59. The smallest absolute Gasteiger partial charge is 0.382 e. The van der Waals surface area contributed by atoms with Gasteiger partial charge in [0.15, 0.2) is 6.61 Å². The van der Waals surface area contributed by atoms with Crippen LogP contribution in [0.3, 0.4) is 0 Å². The normalized spacial score (nSPS) is 11.1. The number of hydrogen-bond acceptors (Lipinski definition) is 5. The average molecular weight is 254 g/mol. The van der Waals surface area contributed by atoms with Gasteiger partial charge in [0.25, 0.3) is 0 Å². The molecule has 0 heterocycles. The second kappa shape index (κ2) is 6.37. The first-order valence-corrected chi connectivity index (χ1v) is 5.62. The van der Waals surface area contributed by atoms with E-state index >= 15 is 0 Å². The third kappa shape index (κ3) is 5.65. The van der Waals surface area contributed by atoms with Crippen LogP contribution in [0.5, 0.6) is 5.75 Å². The maximum Gasteiger partial charge on any atom is 0.382 e. The molecule has 0 atom stereocenters. The first-order chi connectivity index (χ1) is 8.38. The molecule has 0 aromatic heterocycles. The molecule has 0 saturated heterocycles. The first kappa shape index (κ1) is 14.5. The number of para-hydroxylation sites is 1. The van der Waals surface area contributed by atoms with Crippen LogP contribution in [0.25, 0.3) is 0 Å². The summed E-state index contributed by atoms with van der Waals surface area (Å²) in [5, 5.41) is 4.35. The zero-order chi connectivity index (χ0) is 13.6. The van der Waals surface area contributed by atoms with Crippen molar-refractivity contribution in [1.29, 1.82) is 0 Å². The lowest BCUT2D eigenvalue weighted by Gasteiger charge is -2.15. The van der Waals surface area contributed by atoms with Crippen LogP contribution < -0.4 is 4.74 Å². The number of rotatable bonds is 5. The van der Waals surface area contributed by atoms with Crippen molar-refractivity contribution in [3.05, 3.63) is 29.8 Å². The third-order valence-electron chi connectivity index (χ3n) is 1.85. The van der Waals surface area contributed by atoms with E-state index in [2.05, 4.69) is 9.93 Å². The van der Waals surface area contributed by atoms with Crippen molar-refractivity contribution in [2.24, 2.45) is 0 Å². The number of carbonyl (C=O) groups is 1. The molecule has 0 spiro atoms. The van der Waals surface area contributed by atoms with Crippen molar-refractivity contribution < 1.29 is 24.3 Å². The molecule has 0 unspecified atom stereocenters. The fourth-order valence-electron chi connectivity index (χ4n) is 1.04. The van der Waals surface area contributed by atoms with E-state index in [0.29, 0.717) is 5.75 Å². The van der Waals surface area contributed by atoms with Crippen molar-refractivity contribution in [3.8, 4) is 5.75 Å². The summed E-state index contributed by atoms with van der Waals surface area (Å²) in [4.78, 5) is 20.4. The molecular formula is C13H18O5. The summed E-state index contributed by atoms with van der Waals surface area (Å²) in [7, 11) is 0. The Labute approximate surface area is 106 Å². The molecule has 0 fully saturated rings. The van der Waals surface area contributed by atoms with Crippen molar-refractivity contribution in [3.63, 3.8) is 0 Å². The molecule has 0 aliphatic rings. The third-order valence-corrected chi connectivity index (χ3v) is 1.85. The largest absolute Gasteiger partial charge is 0.481 e. The first-order valence-electron chi connectivity index (χ1n) is 5.62. The monoisotopic (exact) mass is 254 g/mol. The van der Waals surface area contributed by atoms with Crippen molar-refractivity contribution in [2.75, 3.05) is 6.61 Å². The van der Waals surface area contributed by atoms with E-state index in [1.165, 1.54) is 0 Å². The van der Waals surface area contributed by atoms with Gasteiger partial charge < -0.3 is 4.74 Å². The number of aryl methyl sites for hydroxylation is 1. The van der Waals surface area contributed by atoms with E-state index in [1.54, 1.807) is 26.8 Å². The molecule has 100 valence electrons. The van der Waals surface area contributed by atoms with Gasteiger partial charge in [0, 0.05) is 0 Å². The number of carbonyl (C=O) groups excluding carboxylic acids is 1. The maximum absolute atomic E-state index is 11.3. The minimum absolute atomic E-state index is 0.238. The highest BCUT2D eigenvalue weighted by Gasteiger charge is 2.14. The van der Waals surface area contributed by atoms with Crippen LogP contribution >= 0.6 is 0 Å². The average Bonchev–Trinajstić information content (AvgIpc) is 2.26. The summed E-state index contributed by atoms with van der Waals surface area (Å²) in [6.45, 7) is 6.96. The van der Waals surface area contributed by atoms with E-state index in [9.17, 15) is 4.79 Å². The van der Waals surface area contributed by atoms with Crippen LogP contribution in [0.1, 0.15) is 26.3 Å². The molecule has 0 N–H and O–H groups in total. The predicted octanol–water partition coefficient (Wildman–Crippen LogP) is 2.58. The Morgan fingerprint density at radius 3 is 2.50 bits per heavy atom. The van der Waals surface area contributed by atoms with E-state index in [1.807, 2.05) is 25.1 Å². The lowest BCUT2D eigenvalue weighted by atomic mass is 10.2. The van der Waals surface area contributed by atoms with Gasteiger partial charge in [0.05, 0.1) is 5.60 Å². The van der Waals surface area contributed by atoms with Crippen molar-refractivity contribution in [2.45, 2.75) is 33.3 Å². The summed E-state index contributed by atoms with van der Waals surface area (Å²) in [5.41, 5.74) is 0.397. The van der Waals surface area contributed by atoms with Crippen LogP contribution in [-0.4, -0.2) is 18.2 Å². The fraction of sp³-hybridized carbons (Fsp3) is 0.462. The van der Waals surface area contributed by atoms with Gasteiger partial charge in [0.1, 0.15) is 5.75 Å². The molecule has 1 aromatic rings. The van der Waals surface area contributed by atoms with Crippen LogP contribution in [0.15, 0.2) is 24.3 Å². The lowest BCUT2D eigenvalue weighted by Crippen LogP contribution is -2.22. The molecule has 0 aliphatic carbocycles. The minimum Gasteiger partial charge on any atom is -0.481 e. The standard InChI is InChI=1S/C13H18O5/c1-10-7-5-6-8-11(10)15-9-12(14)16-18-17-13(2,3)4/h5-8H,9H2,1-4H3. The Kier molecular flexibility index (Phi) is 5.12. The minimum atomic E-state index is -0.664. The molecule has 0 radical (unpaired) electrons. The van der Waals surface area contributed by atoms with Crippen molar-refractivity contribution >= 4 is 5.97 Å². The second-order valence-corrected chi connectivity index (χ2v) is 4.77. The Morgan fingerprint density at radius 1 is 1.22 bits per heavy atom. The van der Waals surface area contributed by atoms with E-state index in [0.717, 1.165) is 5.56 Å². The number of hydrogen-bond donors (Lipinski definition) is 0. The predicted molar refractivity (Wildman–Crippen MR) is 64.7 cm³/mol. The maximum atomic E-state index is 11.3. The summed E-state index contributed by atoms with van der Waals surface area (Å²) in [6, 6.07) is 7.38. The van der Waals surface area contributed by atoms with Crippen LogP contribution in [0.4, 0.5) is 0 Å². The van der Waals surface area contributed by atoms with Gasteiger partial charge in [-0.05, 0) is 44.4 Å². The van der Waals surface area contributed by atoms with Gasteiger partial charge in [-0.2, -0.15) is 4.89 Å². The number of benzene rings is 1. The molecule has 0 amide bonds. The molecule has 0 saturated carbocycles. The molecule has 0 aliphatic heterocycles. The highest BCUT2D eigenvalue weighted by molar-refractivity contribution is 5.70. The molecule has 5 nitrogen and oxygen atoms in total. The lowest BCUT2D eigenvalue weighted by molar-refractivity contribution is -0.514. The summed E-state index contributed by atoms with van der Waals surface area (Å²) in [5.74, 6) is -0.0336. The number of ether oxygens (including phenoxy) is 1. The van der Waals surface area contributed by atoms with Gasteiger partial charge in [0.2, 0.25) is 0 Å². The van der Waals surface area contributed by atoms with E-state index in [4.69, 9.17) is 9.62 Å². The molecule has 5 heteroatoms. The molecule has 0 bridgehead atoms. The van der Waals surface area contributed by atoms with Crippen LogP contribution in [-0.2, 0) is 19.6 Å². The SMILES string of the molecule is Cc1ccccc1OCC(=O)OOOC(C)(C)C. The zero-order valence-electron chi connectivity index (χ0n) is 11.1. The highest BCUT2D eigenvalue weighted by Crippen LogP contribution is 2.16. The zero-order valence-corrected chi connectivity index (χ0v) is 11.1. The topological polar surface area (TPSA) is 54.0 Å². The second-order valence-electron chi connectivity index (χ2n) is 4.77. The van der Waals surface area contributed by atoms with Gasteiger partial charge >= 0.3 is 5.97 Å². The molecule has 18 heavy (non-hydrogen) atoms. The van der Waals surface area contributed by atoms with Gasteiger partial charge in [-0.15, -0.1) is 0 Å². The molecular weight excluding hydrogens is 236 g/mol. The van der Waals surface area contributed by atoms with Crippen LogP contribution in [0, 0.1) is 6.92 Å². The Morgan fingerprint density at radius 2 is 1.89 bits per heavy atom. The Bertz CT molecular complexity index is 395.